The highest BCUT2D eigenvalue weighted by molar-refractivity contribution is 5.96. The third kappa shape index (κ3) is 2.85. The van der Waals surface area contributed by atoms with Crippen LogP contribution in [0.4, 0.5) is 5.69 Å². The molecule has 0 saturated carbocycles. The summed E-state index contributed by atoms with van der Waals surface area (Å²) >= 11 is 0. The highest BCUT2D eigenvalue weighted by Crippen LogP contribution is 2.22. The van der Waals surface area contributed by atoms with Crippen molar-refractivity contribution in [3.63, 3.8) is 0 Å². The second-order valence-electron chi connectivity index (χ2n) is 3.21. The molecule has 1 atom stereocenters. The van der Waals surface area contributed by atoms with E-state index in [-0.39, 0.29) is 6.17 Å². The molecule has 0 heterocycles. The molecule has 0 bridgehead atoms. The summed E-state index contributed by atoms with van der Waals surface area (Å²) in [5, 5.41) is 2.99. The van der Waals surface area contributed by atoms with Gasteiger partial charge in [-0.05, 0) is 19.1 Å². The Morgan fingerprint density at radius 3 is 2.67 bits per heavy atom. The molecular formula is C10H15N3O2. The quantitative estimate of drug-likeness (QED) is 0.630. The SMILES string of the molecule is COc1cc(NC(C)N)ccc1C(N)=O. The Morgan fingerprint density at radius 2 is 2.20 bits per heavy atom. The highest BCUT2D eigenvalue weighted by atomic mass is 16.5. The lowest BCUT2D eigenvalue weighted by Gasteiger charge is -2.12. The van der Waals surface area contributed by atoms with Crippen LogP contribution in [0.25, 0.3) is 0 Å². The zero-order valence-electron chi connectivity index (χ0n) is 8.78. The Kier molecular flexibility index (Phi) is 3.51. The van der Waals surface area contributed by atoms with Gasteiger partial charge in [-0.1, -0.05) is 0 Å². The summed E-state index contributed by atoms with van der Waals surface area (Å²) in [6.45, 7) is 1.81. The van der Waals surface area contributed by atoms with Crippen molar-refractivity contribution in [2.24, 2.45) is 11.5 Å². The van der Waals surface area contributed by atoms with Crippen LogP contribution in [-0.4, -0.2) is 19.2 Å². The van der Waals surface area contributed by atoms with E-state index in [9.17, 15) is 4.79 Å². The maximum absolute atomic E-state index is 11.0. The Morgan fingerprint density at radius 1 is 1.53 bits per heavy atom. The van der Waals surface area contributed by atoms with E-state index in [1.54, 1.807) is 18.2 Å². The Hall–Kier alpha value is -1.75. The third-order valence-corrected chi connectivity index (χ3v) is 1.86. The molecule has 1 rings (SSSR count). The molecule has 5 heteroatoms. The number of carbonyl (C=O) groups is 1. The van der Waals surface area contributed by atoms with Crippen molar-refractivity contribution in [1.29, 1.82) is 0 Å². The minimum atomic E-state index is -0.515. The Labute approximate surface area is 88.4 Å². The zero-order chi connectivity index (χ0) is 11.4. The van der Waals surface area contributed by atoms with Crippen LogP contribution >= 0.6 is 0 Å². The van der Waals surface area contributed by atoms with Crippen LogP contribution in [0, 0.1) is 0 Å². The van der Waals surface area contributed by atoms with Gasteiger partial charge < -0.3 is 21.5 Å². The van der Waals surface area contributed by atoms with Crippen molar-refractivity contribution in [2.75, 3.05) is 12.4 Å². The molecule has 5 nitrogen and oxygen atoms in total. The van der Waals surface area contributed by atoms with Crippen LogP contribution in [0.3, 0.4) is 0 Å². The van der Waals surface area contributed by atoms with Gasteiger partial charge in [-0.3, -0.25) is 4.79 Å². The lowest BCUT2D eigenvalue weighted by Crippen LogP contribution is -2.25. The van der Waals surface area contributed by atoms with Gasteiger partial charge in [-0.2, -0.15) is 0 Å². The lowest BCUT2D eigenvalue weighted by molar-refractivity contribution is 0.0997. The molecule has 15 heavy (non-hydrogen) atoms. The predicted molar refractivity (Wildman–Crippen MR) is 58.8 cm³/mol. The monoisotopic (exact) mass is 209 g/mol. The molecule has 0 saturated heterocycles. The first-order valence-corrected chi connectivity index (χ1v) is 4.54. The fourth-order valence-electron chi connectivity index (χ4n) is 1.25. The second kappa shape index (κ2) is 4.65. The number of amides is 1. The molecule has 1 unspecified atom stereocenters. The topological polar surface area (TPSA) is 90.4 Å². The maximum Gasteiger partial charge on any atom is 0.252 e. The van der Waals surface area contributed by atoms with E-state index in [2.05, 4.69) is 5.32 Å². The van der Waals surface area contributed by atoms with Crippen molar-refractivity contribution in [2.45, 2.75) is 13.1 Å². The van der Waals surface area contributed by atoms with E-state index in [1.807, 2.05) is 6.92 Å². The number of primary amides is 1. The van der Waals surface area contributed by atoms with Crippen molar-refractivity contribution in [3.05, 3.63) is 23.8 Å². The largest absolute Gasteiger partial charge is 0.496 e. The number of nitrogens with one attached hydrogen (secondary N) is 1. The first-order chi connectivity index (χ1) is 7.04. The van der Waals surface area contributed by atoms with E-state index in [0.717, 1.165) is 5.69 Å². The smallest absolute Gasteiger partial charge is 0.252 e. The van der Waals surface area contributed by atoms with Crippen molar-refractivity contribution >= 4 is 11.6 Å². The standard InChI is InChI=1S/C10H15N3O2/c1-6(11)13-7-3-4-8(10(12)14)9(5-7)15-2/h3-6,13H,11H2,1-2H3,(H2,12,14). The highest BCUT2D eigenvalue weighted by Gasteiger charge is 2.09. The molecule has 0 aliphatic carbocycles. The van der Waals surface area contributed by atoms with E-state index >= 15 is 0 Å². The van der Waals surface area contributed by atoms with Crippen molar-refractivity contribution < 1.29 is 9.53 Å². The Balaban J connectivity index is 3.02. The molecule has 82 valence electrons. The van der Waals surface area contributed by atoms with Crippen LogP contribution in [0.1, 0.15) is 17.3 Å². The zero-order valence-corrected chi connectivity index (χ0v) is 8.78. The Bertz CT molecular complexity index is 364. The average Bonchev–Trinajstić information content (AvgIpc) is 2.16. The summed E-state index contributed by atoms with van der Waals surface area (Å²) in [7, 11) is 1.48. The molecular weight excluding hydrogens is 194 g/mol. The summed E-state index contributed by atoms with van der Waals surface area (Å²) in [4.78, 5) is 11.0. The van der Waals surface area contributed by atoms with Gasteiger partial charge in [0.2, 0.25) is 0 Å². The molecule has 5 N–H and O–H groups in total. The van der Waals surface area contributed by atoms with Crippen LogP contribution < -0.4 is 21.5 Å². The van der Waals surface area contributed by atoms with E-state index in [1.165, 1.54) is 7.11 Å². The molecule has 1 aromatic rings. The van der Waals surface area contributed by atoms with Crippen molar-refractivity contribution in [3.8, 4) is 5.75 Å². The first-order valence-electron chi connectivity index (χ1n) is 4.54. The van der Waals surface area contributed by atoms with Crippen molar-refractivity contribution in [1.82, 2.24) is 0 Å². The van der Waals surface area contributed by atoms with Gasteiger partial charge in [0.25, 0.3) is 5.91 Å². The minimum Gasteiger partial charge on any atom is -0.496 e. The molecule has 1 aromatic carbocycles. The second-order valence-corrected chi connectivity index (χ2v) is 3.21. The molecule has 0 fully saturated rings. The van der Waals surface area contributed by atoms with Gasteiger partial charge in [0.05, 0.1) is 18.8 Å². The van der Waals surface area contributed by atoms with Crippen LogP contribution in [-0.2, 0) is 0 Å². The summed E-state index contributed by atoms with van der Waals surface area (Å²) < 4.78 is 5.05. The molecule has 0 radical (unpaired) electrons. The minimum absolute atomic E-state index is 0.172. The first kappa shape index (κ1) is 11.3. The number of hydrogen-bond acceptors (Lipinski definition) is 4. The summed E-state index contributed by atoms with van der Waals surface area (Å²) in [6.07, 6.45) is -0.172. The van der Waals surface area contributed by atoms with Gasteiger partial charge >= 0.3 is 0 Å². The van der Waals surface area contributed by atoms with Gasteiger partial charge in [-0.25, -0.2) is 0 Å². The number of carbonyl (C=O) groups excluding carboxylic acids is 1. The fourth-order valence-corrected chi connectivity index (χ4v) is 1.25. The third-order valence-electron chi connectivity index (χ3n) is 1.86. The van der Waals surface area contributed by atoms with Crippen LogP contribution in [0.5, 0.6) is 5.75 Å². The summed E-state index contributed by atoms with van der Waals surface area (Å²) in [5.74, 6) is -0.0765. The van der Waals surface area contributed by atoms with E-state index < -0.39 is 5.91 Å². The number of rotatable bonds is 4. The number of benzene rings is 1. The lowest BCUT2D eigenvalue weighted by atomic mass is 10.1. The predicted octanol–water partition coefficient (Wildman–Crippen LogP) is 0.511. The molecule has 0 spiro atoms. The number of nitrogens with two attached hydrogens (primary N) is 2. The van der Waals surface area contributed by atoms with Crippen LogP contribution in [0.2, 0.25) is 0 Å². The normalized spacial score (nSPS) is 11.9. The molecule has 0 aliphatic rings. The van der Waals surface area contributed by atoms with Gasteiger partial charge in [0.1, 0.15) is 5.75 Å². The van der Waals surface area contributed by atoms with Gasteiger partial charge in [-0.15, -0.1) is 0 Å². The average molecular weight is 209 g/mol. The van der Waals surface area contributed by atoms with Gasteiger partial charge in [0.15, 0.2) is 0 Å². The summed E-state index contributed by atoms with van der Waals surface area (Å²) in [5.41, 5.74) is 11.9. The number of anilines is 1. The fraction of sp³-hybridized carbons (Fsp3) is 0.300. The number of ether oxygens (including phenoxy) is 1. The molecule has 0 aliphatic heterocycles. The maximum atomic E-state index is 11.0. The molecule has 0 aromatic heterocycles. The number of methoxy groups -OCH3 is 1. The van der Waals surface area contributed by atoms with E-state index in [4.69, 9.17) is 16.2 Å². The molecule has 1 amide bonds. The van der Waals surface area contributed by atoms with Crippen LogP contribution in [0.15, 0.2) is 18.2 Å². The summed E-state index contributed by atoms with van der Waals surface area (Å²) in [6, 6.07) is 5.02. The van der Waals surface area contributed by atoms with Gasteiger partial charge in [0, 0.05) is 11.8 Å². The van der Waals surface area contributed by atoms with E-state index in [0.29, 0.717) is 11.3 Å². The number of hydrogen-bond donors (Lipinski definition) is 3.